The first-order valence-corrected chi connectivity index (χ1v) is 6.61. The molecule has 6 nitrogen and oxygen atoms in total. The average molecular weight is 288 g/mol. The minimum atomic E-state index is -0.620. The first kappa shape index (κ1) is 16.5. The molecule has 112 valence electrons. The number of nitrogens with one attached hydrogen (secondary N) is 1. The van der Waals surface area contributed by atoms with Gasteiger partial charge in [-0.3, -0.25) is 9.59 Å². The first-order chi connectivity index (χ1) is 9.75. The van der Waals surface area contributed by atoms with E-state index in [0.717, 1.165) is 6.42 Å². The fraction of sp³-hybridized carbons (Fsp3) is 0.400. The van der Waals surface area contributed by atoms with Gasteiger partial charge < -0.3 is 16.8 Å². The third-order valence-electron chi connectivity index (χ3n) is 3.19. The van der Waals surface area contributed by atoms with Gasteiger partial charge in [0.2, 0.25) is 11.8 Å². The molecule has 0 aliphatic heterocycles. The molecule has 0 atom stereocenters. The molecule has 1 aromatic rings. The highest BCUT2D eigenvalue weighted by atomic mass is 16.1. The van der Waals surface area contributed by atoms with Crippen molar-refractivity contribution in [1.29, 1.82) is 5.26 Å². The van der Waals surface area contributed by atoms with Crippen LogP contribution in [0.25, 0.3) is 0 Å². The molecule has 0 heterocycles. The molecule has 0 unspecified atom stereocenters. The number of nitrogens with two attached hydrogens (primary N) is 2. The minimum absolute atomic E-state index is 0.0919. The van der Waals surface area contributed by atoms with Crippen LogP contribution in [0.3, 0.4) is 0 Å². The molecule has 0 bridgehead atoms. The monoisotopic (exact) mass is 288 g/mol. The fourth-order valence-corrected chi connectivity index (χ4v) is 1.84. The number of hydrogen-bond donors (Lipinski definition) is 3. The molecule has 2 amide bonds. The second-order valence-corrected chi connectivity index (χ2v) is 5.70. The van der Waals surface area contributed by atoms with Crippen molar-refractivity contribution in [2.75, 3.05) is 11.9 Å². The summed E-state index contributed by atoms with van der Waals surface area (Å²) < 4.78 is 0. The van der Waals surface area contributed by atoms with E-state index in [4.69, 9.17) is 16.7 Å². The van der Waals surface area contributed by atoms with Crippen LogP contribution in [-0.4, -0.2) is 18.4 Å². The maximum Gasteiger partial charge on any atom is 0.248 e. The largest absolute Gasteiger partial charge is 0.384 e. The number of rotatable bonds is 7. The van der Waals surface area contributed by atoms with Crippen LogP contribution in [0.5, 0.6) is 0 Å². The number of nitrogens with zero attached hydrogens (tertiary/aromatic N) is 1. The highest BCUT2D eigenvalue weighted by molar-refractivity contribution is 5.99. The Balaban J connectivity index is 2.90. The second-order valence-electron chi connectivity index (χ2n) is 5.70. The minimum Gasteiger partial charge on any atom is -0.384 e. The predicted octanol–water partition coefficient (Wildman–Crippen LogP) is 1.63. The summed E-state index contributed by atoms with van der Waals surface area (Å²) in [6.07, 6.45) is 1.22. The Labute approximate surface area is 124 Å². The first-order valence-electron chi connectivity index (χ1n) is 6.61. The third kappa shape index (κ3) is 5.15. The van der Waals surface area contributed by atoms with Gasteiger partial charge in [0.15, 0.2) is 0 Å². The fourth-order valence-electron chi connectivity index (χ4n) is 1.84. The van der Waals surface area contributed by atoms with Crippen LogP contribution in [-0.2, 0) is 0 Å². The molecular weight excluding hydrogens is 268 g/mol. The van der Waals surface area contributed by atoms with E-state index in [9.17, 15) is 9.59 Å². The van der Waals surface area contributed by atoms with Gasteiger partial charge in [-0.15, -0.1) is 0 Å². The van der Waals surface area contributed by atoms with E-state index >= 15 is 0 Å². The Kier molecular flexibility index (Phi) is 5.30. The molecule has 0 fully saturated rings. The number of benzene rings is 1. The molecule has 5 N–H and O–H groups in total. The van der Waals surface area contributed by atoms with Gasteiger partial charge in [0.1, 0.15) is 0 Å². The summed E-state index contributed by atoms with van der Waals surface area (Å²) in [6.45, 7) is 4.66. The molecule has 6 heteroatoms. The zero-order valence-corrected chi connectivity index (χ0v) is 12.3. The molecule has 0 saturated carbocycles. The quantitative estimate of drug-likeness (QED) is 0.705. The van der Waals surface area contributed by atoms with E-state index in [1.54, 1.807) is 12.1 Å². The van der Waals surface area contributed by atoms with Gasteiger partial charge in [-0.1, -0.05) is 13.8 Å². The van der Waals surface area contributed by atoms with E-state index in [0.29, 0.717) is 18.7 Å². The van der Waals surface area contributed by atoms with Crippen molar-refractivity contribution in [3.05, 3.63) is 29.3 Å². The Morgan fingerprint density at radius 1 is 1.19 bits per heavy atom. The van der Waals surface area contributed by atoms with Crippen molar-refractivity contribution in [2.24, 2.45) is 16.9 Å². The molecule has 0 aliphatic rings. The van der Waals surface area contributed by atoms with Gasteiger partial charge in [0, 0.05) is 29.8 Å². The number of carbonyl (C=O) groups is 2. The van der Waals surface area contributed by atoms with Crippen molar-refractivity contribution in [3.8, 4) is 6.07 Å². The summed E-state index contributed by atoms with van der Waals surface area (Å²) in [5, 5.41) is 11.8. The highest BCUT2D eigenvalue weighted by Crippen LogP contribution is 2.23. The number of hydrogen-bond acceptors (Lipinski definition) is 4. The molecule has 1 rings (SSSR count). The van der Waals surface area contributed by atoms with Crippen LogP contribution in [0.4, 0.5) is 5.69 Å². The van der Waals surface area contributed by atoms with Gasteiger partial charge in [-0.2, -0.15) is 5.26 Å². The Bertz CT molecular complexity index is 556. The van der Waals surface area contributed by atoms with Gasteiger partial charge >= 0.3 is 0 Å². The van der Waals surface area contributed by atoms with Crippen molar-refractivity contribution in [2.45, 2.75) is 26.7 Å². The van der Waals surface area contributed by atoms with Crippen molar-refractivity contribution < 1.29 is 9.59 Å². The average Bonchev–Trinajstić information content (AvgIpc) is 2.42. The van der Waals surface area contributed by atoms with Crippen LogP contribution in [0.15, 0.2) is 18.2 Å². The Morgan fingerprint density at radius 3 is 2.14 bits per heavy atom. The lowest BCUT2D eigenvalue weighted by Gasteiger charge is -2.24. The maximum absolute atomic E-state index is 11.3. The van der Waals surface area contributed by atoms with Crippen molar-refractivity contribution >= 4 is 17.5 Å². The number of amides is 2. The standard InChI is InChI=1S/C15H20N4O2/c1-15(2,4-3-5-16)9-19-12-7-10(13(17)20)6-11(8-12)14(18)21/h6-8,19H,3-4,9H2,1-2H3,(H2,17,20)(H2,18,21). The van der Waals surface area contributed by atoms with E-state index in [-0.39, 0.29) is 16.5 Å². The summed E-state index contributed by atoms with van der Waals surface area (Å²) in [7, 11) is 0. The van der Waals surface area contributed by atoms with Crippen LogP contribution in [0.2, 0.25) is 0 Å². The van der Waals surface area contributed by atoms with Crippen LogP contribution in [0, 0.1) is 16.7 Å². The van der Waals surface area contributed by atoms with E-state index in [1.165, 1.54) is 6.07 Å². The zero-order valence-electron chi connectivity index (χ0n) is 12.3. The maximum atomic E-state index is 11.3. The molecular formula is C15H20N4O2. The number of nitriles is 1. The summed E-state index contributed by atoms with van der Waals surface area (Å²) in [4.78, 5) is 22.6. The summed E-state index contributed by atoms with van der Waals surface area (Å²) in [5.41, 5.74) is 11.5. The topological polar surface area (TPSA) is 122 Å². The summed E-state index contributed by atoms with van der Waals surface area (Å²) in [6, 6.07) is 6.65. The molecule has 0 aromatic heterocycles. The smallest absolute Gasteiger partial charge is 0.248 e. The lowest BCUT2D eigenvalue weighted by molar-refractivity contribution is 0.0999. The van der Waals surface area contributed by atoms with E-state index in [2.05, 4.69) is 11.4 Å². The molecule has 0 saturated heterocycles. The lowest BCUT2D eigenvalue weighted by Crippen LogP contribution is -2.23. The third-order valence-corrected chi connectivity index (χ3v) is 3.19. The molecule has 0 aliphatic carbocycles. The van der Waals surface area contributed by atoms with E-state index < -0.39 is 11.8 Å². The molecule has 0 radical (unpaired) electrons. The summed E-state index contributed by atoms with van der Waals surface area (Å²) >= 11 is 0. The van der Waals surface area contributed by atoms with Gasteiger partial charge in [-0.25, -0.2) is 0 Å². The van der Waals surface area contributed by atoms with Crippen molar-refractivity contribution in [3.63, 3.8) is 0 Å². The van der Waals surface area contributed by atoms with Gasteiger partial charge in [0.25, 0.3) is 0 Å². The lowest BCUT2D eigenvalue weighted by atomic mass is 9.88. The Hall–Kier alpha value is -2.55. The van der Waals surface area contributed by atoms with Crippen LogP contribution >= 0.6 is 0 Å². The predicted molar refractivity (Wildman–Crippen MR) is 80.6 cm³/mol. The SMILES string of the molecule is CC(C)(CCC#N)CNc1cc(C(N)=O)cc(C(N)=O)c1. The van der Waals surface area contributed by atoms with Gasteiger partial charge in [-0.05, 0) is 30.0 Å². The normalized spacial score (nSPS) is 10.7. The number of anilines is 1. The van der Waals surface area contributed by atoms with Crippen molar-refractivity contribution in [1.82, 2.24) is 0 Å². The number of primary amides is 2. The second kappa shape index (κ2) is 6.75. The van der Waals surface area contributed by atoms with E-state index in [1.807, 2.05) is 13.8 Å². The zero-order chi connectivity index (χ0) is 16.0. The Morgan fingerprint density at radius 2 is 1.71 bits per heavy atom. The molecule has 1 aromatic carbocycles. The molecule has 21 heavy (non-hydrogen) atoms. The number of carbonyl (C=O) groups excluding carboxylic acids is 2. The van der Waals surface area contributed by atoms with Gasteiger partial charge in [0.05, 0.1) is 6.07 Å². The van der Waals surface area contributed by atoms with Crippen LogP contribution < -0.4 is 16.8 Å². The highest BCUT2D eigenvalue weighted by Gasteiger charge is 2.18. The van der Waals surface area contributed by atoms with Crippen LogP contribution in [0.1, 0.15) is 47.4 Å². The summed E-state index contributed by atoms with van der Waals surface area (Å²) in [5.74, 6) is -1.24. The molecule has 0 spiro atoms.